The van der Waals surface area contributed by atoms with Gasteiger partial charge in [0.15, 0.2) is 11.6 Å². The zero-order chi connectivity index (χ0) is 18.1. The Morgan fingerprint density at radius 3 is 2.81 bits per heavy atom. The molecule has 136 valence electrons. The summed E-state index contributed by atoms with van der Waals surface area (Å²) < 4.78 is 14.6. The van der Waals surface area contributed by atoms with E-state index in [1.807, 2.05) is 34.9 Å². The molecule has 0 aliphatic carbocycles. The maximum atomic E-state index is 14.6. The average Bonchev–Trinajstić information content (AvgIpc) is 3.23. The van der Waals surface area contributed by atoms with Crippen molar-refractivity contribution in [2.45, 2.75) is 32.7 Å². The summed E-state index contributed by atoms with van der Waals surface area (Å²) in [4.78, 5) is 29.3. The Hall–Kier alpha value is -2.57. The smallest absolute Gasteiger partial charge is 0.231 e. The molecule has 6 nitrogen and oxygen atoms in total. The number of aryl methyl sites for hydroxylation is 1. The van der Waals surface area contributed by atoms with E-state index in [-0.39, 0.29) is 11.7 Å². The lowest BCUT2D eigenvalue weighted by atomic mass is 9.85. The van der Waals surface area contributed by atoms with Crippen LogP contribution in [0.4, 0.5) is 10.2 Å². The molecule has 2 aromatic rings. The van der Waals surface area contributed by atoms with Gasteiger partial charge in [-0.15, -0.1) is 0 Å². The van der Waals surface area contributed by atoms with Crippen LogP contribution in [0, 0.1) is 11.2 Å². The second kappa shape index (κ2) is 6.63. The molecule has 1 unspecified atom stereocenters. The second-order valence-corrected chi connectivity index (χ2v) is 7.06. The summed E-state index contributed by atoms with van der Waals surface area (Å²) in [6.07, 6.45) is 5.20. The molecule has 1 amide bonds. The fraction of sp³-hybridized carbons (Fsp3) is 0.474. The first kappa shape index (κ1) is 16.9. The maximum Gasteiger partial charge on any atom is 0.231 e. The Bertz CT molecular complexity index is 815. The Balaban J connectivity index is 1.50. The van der Waals surface area contributed by atoms with E-state index in [1.54, 1.807) is 6.20 Å². The van der Waals surface area contributed by atoms with Gasteiger partial charge in [-0.25, -0.2) is 14.4 Å². The number of amides is 1. The Morgan fingerprint density at radius 2 is 2.04 bits per heavy atom. The van der Waals surface area contributed by atoms with Crippen LogP contribution in [0.25, 0.3) is 0 Å². The fourth-order valence-electron chi connectivity index (χ4n) is 4.03. The zero-order valence-electron chi connectivity index (χ0n) is 14.9. The minimum Gasteiger partial charge on any atom is -0.353 e. The lowest BCUT2D eigenvalue weighted by molar-refractivity contribution is -0.135. The number of carbonyl (C=O) groups is 1. The van der Waals surface area contributed by atoms with E-state index in [2.05, 4.69) is 15.0 Å². The average molecular weight is 355 g/mol. The fourth-order valence-corrected chi connectivity index (χ4v) is 4.03. The third kappa shape index (κ3) is 2.81. The van der Waals surface area contributed by atoms with Crippen molar-refractivity contribution in [1.29, 1.82) is 0 Å². The van der Waals surface area contributed by atoms with Gasteiger partial charge < -0.3 is 9.80 Å². The van der Waals surface area contributed by atoms with E-state index in [4.69, 9.17) is 0 Å². The van der Waals surface area contributed by atoms with E-state index < -0.39 is 5.41 Å². The van der Waals surface area contributed by atoms with Crippen LogP contribution in [0.1, 0.15) is 31.2 Å². The molecule has 0 saturated carbocycles. The van der Waals surface area contributed by atoms with Crippen LogP contribution in [0.2, 0.25) is 0 Å². The first-order chi connectivity index (χ1) is 12.6. The van der Waals surface area contributed by atoms with Crippen LogP contribution in [0.15, 0.2) is 30.7 Å². The van der Waals surface area contributed by atoms with Crippen molar-refractivity contribution in [2.75, 3.05) is 24.5 Å². The minimum atomic E-state index is -0.432. The van der Waals surface area contributed by atoms with Crippen LogP contribution in [0.5, 0.6) is 0 Å². The molecule has 4 rings (SSSR count). The number of halogens is 1. The standard InChI is InChI=1S/C19H22FN5O/c1-2-15-16(20)17(23-13-22-15)25-10-7-19(12-25)6-9-24(18(19)26)11-14-5-3-4-8-21-14/h3-5,8,13H,2,6-7,9-12H2,1H3. The van der Waals surface area contributed by atoms with Gasteiger partial charge in [0.1, 0.15) is 6.33 Å². The van der Waals surface area contributed by atoms with Crippen molar-refractivity contribution >= 4 is 11.7 Å². The molecular formula is C19H22FN5O. The number of rotatable bonds is 4. The molecule has 7 heteroatoms. The number of carbonyl (C=O) groups excluding carboxylic acids is 1. The lowest BCUT2D eigenvalue weighted by Gasteiger charge is -2.24. The van der Waals surface area contributed by atoms with Gasteiger partial charge in [-0.1, -0.05) is 13.0 Å². The van der Waals surface area contributed by atoms with Gasteiger partial charge in [0.05, 0.1) is 23.3 Å². The summed E-state index contributed by atoms with van der Waals surface area (Å²) in [5.74, 6) is 0.114. The molecular weight excluding hydrogens is 333 g/mol. The molecule has 2 fully saturated rings. The van der Waals surface area contributed by atoms with Crippen molar-refractivity contribution in [3.05, 3.63) is 47.9 Å². The number of hydrogen-bond donors (Lipinski definition) is 0. The molecule has 2 aliphatic rings. The van der Waals surface area contributed by atoms with Crippen molar-refractivity contribution in [3.63, 3.8) is 0 Å². The quantitative estimate of drug-likeness (QED) is 0.841. The molecule has 1 atom stereocenters. The molecule has 0 radical (unpaired) electrons. The highest BCUT2D eigenvalue weighted by molar-refractivity contribution is 5.86. The van der Waals surface area contributed by atoms with Gasteiger partial charge in [-0.2, -0.15) is 0 Å². The van der Waals surface area contributed by atoms with Crippen molar-refractivity contribution < 1.29 is 9.18 Å². The van der Waals surface area contributed by atoms with Crippen molar-refractivity contribution in [3.8, 4) is 0 Å². The molecule has 0 bridgehead atoms. The SMILES string of the molecule is CCc1ncnc(N2CCC3(CCN(Cc4ccccn4)C3=O)C2)c1F. The van der Waals surface area contributed by atoms with Crippen LogP contribution < -0.4 is 4.90 Å². The van der Waals surface area contributed by atoms with Crippen molar-refractivity contribution in [1.82, 2.24) is 19.9 Å². The van der Waals surface area contributed by atoms with Gasteiger partial charge in [0, 0.05) is 25.8 Å². The summed E-state index contributed by atoms with van der Waals surface area (Å²) in [5.41, 5.74) is 0.881. The van der Waals surface area contributed by atoms with E-state index >= 15 is 0 Å². The molecule has 0 N–H and O–H groups in total. The topological polar surface area (TPSA) is 62.2 Å². The molecule has 0 aromatic carbocycles. The largest absolute Gasteiger partial charge is 0.353 e. The predicted molar refractivity (Wildman–Crippen MR) is 94.9 cm³/mol. The summed E-state index contributed by atoms with van der Waals surface area (Å²) >= 11 is 0. The molecule has 2 aromatic heterocycles. The van der Waals surface area contributed by atoms with E-state index in [0.717, 1.165) is 25.1 Å². The van der Waals surface area contributed by atoms with Crippen LogP contribution in [-0.2, 0) is 17.8 Å². The van der Waals surface area contributed by atoms with Crippen LogP contribution >= 0.6 is 0 Å². The first-order valence-electron chi connectivity index (χ1n) is 9.06. The van der Waals surface area contributed by atoms with E-state index in [0.29, 0.717) is 37.6 Å². The van der Waals surface area contributed by atoms with Gasteiger partial charge in [-0.05, 0) is 31.4 Å². The predicted octanol–water partition coefficient (Wildman–Crippen LogP) is 2.20. The maximum absolute atomic E-state index is 14.6. The Kier molecular flexibility index (Phi) is 4.30. The third-order valence-electron chi connectivity index (χ3n) is 5.51. The summed E-state index contributed by atoms with van der Waals surface area (Å²) in [7, 11) is 0. The first-order valence-corrected chi connectivity index (χ1v) is 9.06. The van der Waals surface area contributed by atoms with E-state index in [9.17, 15) is 9.18 Å². The monoisotopic (exact) mass is 355 g/mol. The molecule has 2 aliphatic heterocycles. The number of nitrogens with zero attached hydrogens (tertiary/aromatic N) is 5. The van der Waals surface area contributed by atoms with Gasteiger partial charge in [-0.3, -0.25) is 9.78 Å². The summed E-state index contributed by atoms with van der Waals surface area (Å²) in [6.45, 7) is 4.28. The Morgan fingerprint density at radius 1 is 1.19 bits per heavy atom. The number of pyridine rings is 1. The van der Waals surface area contributed by atoms with Gasteiger partial charge in [0.25, 0.3) is 0 Å². The van der Waals surface area contributed by atoms with Gasteiger partial charge in [0.2, 0.25) is 5.91 Å². The highest BCUT2D eigenvalue weighted by Gasteiger charge is 2.51. The summed E-state index contributed by atoms with van der Waals surface area (Å²) in [5, 5.41) is 0. The third-order valence-corrected chi connectivity index (χ3v) is 5.51. The van der Waals surface area contributed by atoms with E-state index in [1.165, 1.54) is 6.33 Å². The van der Waals surface area contributed by atoms with Crippen LogP contribution in [-0.4, -0.2) is 45.4 Å². The molecule has 2 saturated heterocycles. The normalized spacial score (nSPS) is 22.6. The molecule has 1 spiro atoms. The second-order valence-electron chi connectivity index (χ2n) is 7.06. The minimum absolute atomic E-state index is 0.149. The zero-order valence-corrected chi connectivity index (χ0v) is 14.9. The number of aromatic nitrogens is 3. The van der Waals surface area contributed by atoms with Crippen molar-refractivity contribution in [2.24, 2.45) is 5.41 Å². The number of likely N-dealkylation sites (tertiary alicyclic amines) is 1. The molecule has 4 heterocycles. The Labute approximate surface area is 152 Å². The van der Waals surface area contributed by atoms with Crippen LogP contribution in [0.3, 0.4) is 0 Å². The van der Waals surface area contributed by atoms with Gasteiger partial charge >= 0.3 is 0 Å². The highest BCUT2D eigenvalue weighted by atomic mass is 19.1. The number of anilines is 1. The molecule has 26 heavy (non-hydrogen) atoms. The number of hydrogen-bond acceptors (Lipinski definition) is 5. The lowest BCUT2D eigenvalue weighted by Crippen LogP contribution is -2.37. The summed E-state index contributed by atoms with van der Waals surface area (Å²) in [6, 6.07) is 5.73. The highest BCUT2D eigenvalue weighted by Crippen LogP contribution is 2.42.